The van der Waals surface area contributed by atoms with Crippen molar-refractivity contribution < 1.29 is 9.50 Å². The third-order valence-corrected chi connectivity index (χ3v) is 4.91. The van der Waals surface area contributed by atoms with Crippen molar-refractivity contribution in [2.45, 2.75) is 32.2 Å². The second-order valence-corrected chi connectivity index (χ2v) is 6.62. The smallest absolute Gasteiger partial charge is 0.267 e. The minimum atomic E-state index is -0.424. The number of benzene rings is 2. The fourth-order valence-electron chi connectivity index (χ4n) is 3.95. The molecule has 4 nitrogen and oxygen atoms in total. The van der Waals surface area contributed by atoms with Crippen LogP contribution in [0.4, 0.5) is 4.39 Å². The van der Waals surface area contributed by atoms with Gasteiger partial charge < -0.3 is 10.8 Å². The van der Waals surface area contributed by atoms with E-state index >= 15 is 0 Å². The molecule has 4 rings (SSSR count). The summed E-state index contributed by atoms with van der Waals surface area (Å²) in [6.07, 6.45) is 2.60. The normalized spacial score (nSPS) is 14.7. The van der Waals surface area contributed by atoms with Gasteiger partial charge in [0.2, 0.25) is 0 Å². The molecule has 1 aromatic heterocycles. The number of hydrogen-bond acceptors (Lipinski definition) is 3. The third-order valence-electron chi connectivity index (χ3n) is 4.91. The fourth-order valence-corrected chi connectivity index (χ4v) is 3.95. The number of aryl methyl sites for hydroxylation is 2. The lowest BCUT2D eigenvalue weighted by atomic mass is 9.86. The number of hydrogen-bond donors (Lipinski definition) is 2. The quantitative estimate of drug-likeness (QED) is 0.753. The van der Waals surface area contributed by atoms with Crippen LogP contribution in [0.15, 0.2) is 41.2 Å². The van der Waals surface area contributed by atoms with Gasteiger partial charge in [0.25, 0.3) is 5.56 Å². The van der Waals surface area contributed by atoms with Crippen molar-refractivity contribution in [2.24, 2.45) is 5.73 Å². The Labute approximate surface area is 144 Å². The fraction of sp³-hybridized carbons (Fsp3) is 0.250. The van der Waals surface area contributed by atoms with Gasteiger partial charge in [0.15, 0.2) is 0 Å². The minimum Gasteiger partial charge on any atom is -0.507 e. The zero-order valence-corrected chi connectivity index (χ0v) is 13.9. The third kappa shape index (κ3) is 2.35. The highest BCUT2D eigenvalue weighted by molar-refractivity contribution is 5.94. The summed E-state index contributed by atoms with van der Waals surface area (Å²) in [5.41, 5.74) is 9.00. The summed E-state index contributed by atoms with van der Waals surface area (Å²) in [5, 5.41) is 11.5. The molecule has 3 aromatic rings. The highest BCUT2D eigenvalue weighted by Crippen LogP contribution is 2.36. The van der Waals surface area contributed by atoms with Gasteiger partial charge in [0, 0.05) is 11.7 Å². The van der Waals surface area contributed by atoms with Crippen LogP contribution < -0.4 is 11.3 Å². The maximum absolute atomic E-state index is 13.8. The zero-order chi connectivity index (χ0) is 17.7. The molecule has 3 N–H and O–H groups in total. The van der Waals surface area contributed by atoms with Gasteiger partial charge in [0.1, 0.15) is 11.6 Å². The van der Waals surface area contributed by atoms with Crippen LogP contribution in [0, 0.1) is 5.82 Å². The second kappa shape index (κ2) is 5.70. The van der Waals surface area contributed by atoms with Crippen molar-refractivity contribution in [3.63, 3.8) is 0 Å². The highest BCUT2D eigenvalue weighted by Gasteiger charge is 2.25. The Morgan fingerprint density at radius 1 is 1.20 bits per heavy atom. The lowest BCUT2D eigenvalue weighted by molar-refractivity contribution is 0.480. The van der Waals surface area contributed by atoms with E-state index in [1.807, 2.05) is 13.0 Å². The van der Waals surface area contributed by atoms with Crippen LogP contribution in [0.25, 0.3) is 16.5 Å². The van der Waals surface area contributed by atoms with Gasteiger partial charge >= 0.3 is 0 Å². The monoisotopic (exact) mass is 338 g/mol. The molecule has 0 spiro atoms. The van der Waals surface area contributed by atoms with Crippen LogP contribution in [0.3, 0.4) is 0 Å². The summed E-state index contributed by atoms with van der Waals surface area (Å²) in [7, 11) is 0. The molecule has 2 aromatic carbocycles. The molecule has 0 saturated heterocycles. The number of nitrogens with two attached hydrogens (primary N) is 1. The average Bonchev–Trinajstić information content (AvgIpc) is 2.58. The number of nitrogens with zero attached hydrogens (tertiary/aromatic N) is 1. The molecule has 1 aliphatic carbocycles. The van der Waals surface area contributed by atoms with Crippen LogP contribution in [0.1, 0.15) is 36.2 Å². The van der Waals surface area contributed by atoms with Gasteiger partial charge in [-0.15, -0.1) is 0 Å². The molecule has 0 aliphatic heterocycles. The molecule has 128 valence electrons. The summed E-state index contributed by atoms with van der Waals surface area (Å²) in [5.74, 6) is -0.472. The average molecular weight is 338 g/mol. The van der Waals surface area contributed by atoms with E-state index in [-0.39, 0.29) is 11.3 Å². The number of pyridine rings is 1. The predicted molar refractivity (Wildman–Crippen MR) is 95.8 cm³/mol. The summed E-state index contributed by atoms with van der Waals surface area (Å²) in [6, 6.07) is 8.93. The van der Waals surface area contributed by atoms with Gasteiger partial charge in [0.05, 0.1) is 11.1 Å². The van der Waals surface area contributed by atoms with E-state index in [1.165, 1.54) is 16.7 Å². The second-order valence-electron chi connectivity index (χ2n) is 6.62. The molecule has 0 fully saturated rings. The predicted octanol–water partition coefficient (Wildman–Crippen LogP) is 3.34. The molecule has 0 bridgehead atoms. The standard InChI is InChI=1S/C20H19FN2O2/c1-11(22)19-15-7-2-4-12-8-9-16(24)18(17(12)15)20(25)23(19)14-6-3-5-13(21)10-14/h3,5-6,8-11,24H,2,4,7,22H2,1H3. The molecule has 25 heavy (non-hydrogen) atoms. The van der Waals surface area contributed by atoms with Gasteiger partial charge in [-0.2, -0.15) is 0 Å². The van der Waals surface area contributed by atoms with Crippen molar-refractivity contribution in [1.82, 2.24) is 4.57 Å². The topological polar surface area (TPSA) is 68.2 Å². The largest absolute Gasteiger partial charge is 0.507 e. The number of rotatable bonds is 2. The van der Waals surface area contributed by atoms with Crippen molar-refractivity contribution >= 4 is 10.8 Å². The Balaban J connectivity index is 2.24. The van der Waals surface area contributed by atoms with Crippen molar-refractivity contribution in [2.75, 3.05) is 0 Å². The van der Waals surface area contributed by atoms with Crippen LogP contribution >= 0.6 is 0 Å². The summed E-state index contributed by atoms with van der Waals surface area (Å²) >= 11 is 0. The first-order valence-corrected chi connectivity index (χ1v) is 8.43. The SMILES string of the molecule is CC(N)c1c2c3c(ccc(O)c3c(=O)n1-c1cccc(F)c1)CCC2. The lowest BCUT2D eigenvalue weighted by Gasteiger charge is -2.26. The van der Waals surface area contributed by atoms with Gasteiger partial charge in [-0.25, -0.2) is 4.39 Å². The summed E-state index contributed by atoms with van der Waals surface area (Å²) in [6.45, 7) is 1.82. The maximum atomic E-state index is 13.8. The number of halogens is 1. The molecular formula is C20H19FN2O2. The van der Waals surface area contributed by atoms with Crippen LogP contribution in [-0.2, 0) is 12.8 Å². The van der Waals surface area contributed by atoms with Gasteiger partial charge in [-0.3, -0.25) is 9.36 Å². The Bertz CT molecular complexity index is 1050. The Morgan fingerprint density at radius 2 is 2.00 bits per heavy atom. The van der Waals surface area contributed by atoms with E-state index in [0.717, 1.165) is 35.8 Å². The Morgan fingerprint density at radius 3 is 2.72 bits per heavy atom. The Kier molecular flexibility index (Phi) is 3.62. The molecule has 5 heteroatoms. The molecule has 1 unspecified atom stereocenters. The lowest BCUT2D eigenvalue weighted by Crippen LogP contribution is -2.29. The first-order valence-electron chi connectivity index (χ1n) is 8.43. The first-order chi connectivity index (χ1) is 12.0. The van der Waals surface area contributed by atoms with E-state index in [0.29, 0.717) is 16.8 Å². The molecule has 0 amide bonds. The summed E-state index contributed by atoms with van der Waals surface area (Å²) < 4.78 is 15.2. The van der Waals surface area contributed by atoms with Crippen LogP contribution in [0.2, 0.25) is 0 Å². The van der Waals surface area contributed by atoms with Gasteiger partial charge in [-0.05, 0) is 67.0 Å². The number of aromatic hydroxyl groups is 1. The minimum absolute atomic E-state index is 0.0479. The number of phenols is 1. The first kappa shape index (κ1) is 15.8. The molecule has 0 saturated carbocycles. The van der Waals surface area contributed by atoms with Crippen molar-refractivity contribution in [1.29, 1.82) is 0 Å². The van der Waals surface area contributed by atoms with E-state index in [4.69, 9.17) is 5.73 Å². The van der Waals surface area contributed by atoms with Crippen LogP contribution in [0.5, 0.6) is 5.75 Å². The van der Waals surface area contributed by atoms with Crippen LogP contribution in [-0.4, -0.2) is 9.67 Å². The van der Waals surface area contributed by atoms with Crippen molar-refractivity contribution in [3.8, 4) is 11.4 Å². The highest BCUT2D eigenvalue weighted by atomic mass is 19.1. The van der Waals surface area contributed by atoms with Crippen molar-refractivity contribution in [3.05, 3.63) is 69.4 Å². The molecule has 0 radical (unpaired) electrons. The molecular weight excluding hydrogens is 319 g/mol. The number of phenolic OH excluding ortho intramolecular Hbond substituents is 1. The summed E-state index contributed by atoms with van der Waals surface area (Å²) in [4.78, 5) is 13.3. The van der Waals surface area contributed by atoms with E-state index in [2.05, 4.69) is 0 Å². The zero-order valence-electron chi connectivity index (χ0n) is 13.9. The Hall–Kier alpha value is -2.66. The van der Waals surface area contributed by atoms with E-state index in [9.17, 15) is 14.3 Å². The number of aromatic nitrogens is 1. The molecule has 1 atom stereocenters. The molecule has 1 heterocycles. The van der Waals surface area contributed by atoms with E-state index < -0.39 is 11.9 Å². The maximum Gasteiger partial charge on any atom is 0.267 e. The van der Waals surface area contributed by atoms with E-state index in [1.54, 1.807) is 18.2 Å². The van der Waals surface area contributed by atoms with Gasteiger partial charge in [-0.1, -0.05) is 12.1 Å². The molecule has 1 aliphatic rings.